The minimum Gasteiger partial charge on any atom is -0.497 e. The number of benzene rings is 2. The normalized spacial score (nSPS) is 10.7. The van der Waals surface area contributed by atoms with Crippen LogP contribution in [-0.4, -0.2) is 28.4 Å². The summed E-state index contributed by atoms with van der Waals surface area (Å²) in [4.78, 5) is 0. The highest BCUT2D eigenvalue weighted by molar-refractivity contribution is 5.60. The van der Waals surface area contributed by atoms with Crippen LogP contribution in [0.3, 0.4) is 0 Å². The van der Waals surface area contributed by atoms with E-state index in [0.717, 1.165) is 17.0 Å². The smallest absolute Gasteiger partial charge is 0.203 e. The Hall–Kier alpha value is -2.76. The van der Waals surface area contributed by atoms with Gasteiger partial charge < -0.3 is 18.9 Å². The van der Waals surface area contributed by atoms with Gasteiger partial charge in [-0.15, -0.1) is 0 Å². The number of azo groups is 1. The molecule has 2 aromatic carbocycles. The maximum atomic E-state index is 5.30. The third-order valence-corrected chi connectivity index (χ3v) is 3.33. The summed E-state index contributed by atoms with van der Waals surface area (Å²) in [7, 11) is 6.31. The molecule has 0 radical (unpaired) electrons. The number of hydrogen-bond acceptors (Lipinski definition) is 6. The molecule has 0 aliphatic heterocycles. The van der Waals surface area contributed by atoms with Crippen LogP contribution in [0.2, 0.25) is 0 Å². The zero-order chi connectivity index (χ0) is 16.8. The van der Waals surface area contributed by atoms with Crippen LogP contribution in [0, 0.1) is 6.92 Å². The lowest BCUT2D eigenvalue weighted by molar-refractivity contribution is 0.324. The fraction of sp³-hybridized carbons (Fsp3) is 0.294. The van der Waals surface area contributed by atoms with Crippen molar-refractivity contribution in [2.75, 3.05) is 28.4 Å². The van der Waals surface area contributed by atoms with Crippen molar-refractivity contribution >= 4 is 11.4 Å². The molecule has 0 saturated carbocycles. The molecular formula is C17H20N2O4. The van der Waals surface area contributed by atoms with Crippen molar-refractivity contribution in [1.82, 2.24) is 0 Å². The molecular weight excluding hydrogens is 296 g/mol. The highest BCUT2D eigenvalue weighted by atomic mass is 16.5. The SMILES string of the molecule is COc1ccc(N=Nc2cc(OC)c(OC)c(OC)c2)c(C)c1. The topological polar surface area (TPSA) is 61.6 Å². The molecule has 0 spiro atoms. The van der Waals surface area contributed by atoms with Crippen molar-refractivity contribution in [2.24, 2.45) is 10.2 Å². The van der Waals surface area contributed by atoms with Gasteiger partial charge >= 0.3 is 0 Å². The van der Waals surface area contributed by atoms with Crippen molar-refractivity contribution in [2.45, 2.75) is 6.92 Å². The fourth-order valence-electron chi connectivity index (χ4n) is 2.10. The van der Waals surface area contributed by atoms with E-state index >= 15 is 0 Å². The molecule has 0 aromatic heterocycles. The van der Waals surface area contributed by atoms with Crippen molar-refractivity contribution in [1.29, 1.82) is 0 Å². The van der Waals surface area contributed by atoms with Gasteiger partial charge in [-0.2, -0.15) is 10.2 Å². The molecule has 0 saturated heterocycles. The molecule has 122 valence electrons. The van der Waals surface area contributed by atoms with Gasteiger partial charge in [-0.3, -0.25) is 0 Å². The van der Waals surface area contributed by atoms with Gasteiger partial charge in [-0.05, 0) is 30.7 Å². The second-order valence-electron chi connectivity index (χ2n) is 4.74. The van der Waals surface area contributed by atoms with E-state index in [1.165, 1.54) is 0 Å². The monoisotopic (exact) mass is 316 g/mol. The zero-order valence-electron chi connectivity index (χ0n) is 13.9. The van der Waals surface area contributed by atoms with Crippen LogP contribution >= 0.6 is 0 Å². The minimum atomic E-state index is 0.523. The van der Waals surface area contributed by atoms with E-state index in [4.69, 9.17) is 18.9 Å². The molecule has 0 aliphatic rings. The first-order chi connectivity index (χ1) is 11.1. The molecule has 0 fully saturated rings. The fourth-order valence-corrected chi connectivity index (χ4v) is 2.10. The summed E-state index contributed by atoms with van der Waals surface area (Å²) in [5, 5.41) is 8.53. The van der Waals surface area contributed by atoms with Crippen LogP contribution in [0.1, 0.15) is 5.56 Å². The lowest BCUT2D eigenvalue weighted by Crippen LogP contribution is -1.94. The van der Waals surface area contributed by atoms with E-state index in [-0.39, 0.29) is 0 Å². The molecule has 0 bridgehead atoms. The van der Waals surface area contributed by atoms with Gasteiger partial charge in [-0.1, -0.05) is 0 Å². The quantitative estimate of drug-likeness (QED) is 0.739. The van der Waals surface area contributed by atoms with E-state index in [0.29, 0.717) is 22.9 Å². The van der Waals surface area contributed by atoms with Gasteiger partial charge in [-0.25, -0.2) is 0 Å². The summed E-state index contributed by atoms with van der Waals surface area (Å²) in [6, 6.07) is 9.09. The van der Waals surface area contributed by atoms with Crippen LogP contribution in [0.5, 0.6) is 23.0 Å². The second kappa shape index (κ2) is 7.49. The van der Waals surface area contributed by atoms with Gasteiger partial charge in [0.15, 0.2) is 11.5 Å². The predicted octanol–water partition coefficient (Wildman–Crippen LogP) is 4.44. The van der Waals surface area contributed by atoms with Crippen LogP contribution in [0.4, 0.5) is 11.4 Å². The molecule has 6 nitrogen and oxygen atoms in total. The third kappa shape index (κ3) is 3.71. The summed E-state index contributed by atoms with van der Waals surface area (Å²) < 4.78 is 21.1. The molecule has 2 aromatic rings. The van der Waals surface area contributed by atoms with E-state index < -0.39 is 0 Å². The maximum Gasteiger partial charge on any atom is 0.203 e. The van der Waals surface area contributed by atoms with Crippen molar-refractivity contribution in [3.05, 3.63) is 35.9 Å². The average Bonchev–Trinajstić information content (AvgIpc) is 2.59. The Morgan fingerprint density at radius 3 is 1.87 bits per heavy atom. The first-order valence-electron chi connectivity index (χ1n) is 6.99. The summed E-state index contributed by atoms with van der Waals surface area (Å²) in [6.45, 7) is 1.95. The first-order valence-corrected chi connectivity index (χ1v) is 6.99. The Morgan fingerprint density at radius 2 is 1.39 bits per heavy atom. The zero-order valence-corrected chi connectivity index (χ0v) is 13.9. The molecule has 23 heavy (non-hydrogen) atoms. The largest absolute Gasteiger partial charge is 0.497 e. The lowest BCUT2D eigenvalue weighted by Gasteiger charge is -2.12. The Balaban J connectivity index is 2.36. The standard InChI is InChI=1S/C17H20N2O4/c1-11-8-13(20-2)6-7-14(11)19-18-12-9-15(21-3)17(23-5)16(10-12)22-4/h6-10H,1-5H3. The van der Waals surface area contributed by atoms with Crippen LogP contribution in [-0.2, 0) is 0 Å². The molecule has 0 aliphatic carbocycles. The average molecular weight is 316 g/mol. The molecule has 0 atom stereocenters. The van der Waals surface area contributed by atoms with Crippen molar-refractivity contribution in [3.8, 4) is 23.0 Å². The van der Waals surface area contributed by atoms with E-state index in [1.807, 2.05) is 25.1 Å². The summed E-state index contributed by atoms with van der Waals surface area (Å²) in [5.41, 5.74) is 2.34. The van der Waals surface area contributed by atoms with Crippen molar-refractivity contribution < 1.29 is 18.9 Å². The Labute approximate surface area is 135 Å². The molecule has 0 N–H and O–H groups in total. The van der Waals surface area contributed by atoms with Crippen LogP contribution < -0.4 is 18.9 Å². The third-order valence-electron chi connectivity index (χ3n) is 3.33. The number of rotatable bonds is 6. The molecule has 0 amide bonds. The van der Waals surface area contributed by atoms with Gasteiger partial charge in [0.25, 0.3) is 0 Å². The van der Waals surface area contributed by atoms with Gasteiger partial charge in [0.2, 0.25) is 5.75 Å². The molecule has 2 rings (SSSR count). The highest BCUT2D eigenvalue weighted by Crippen LogP contribution is 2.41. The number of hydrogen-bond donors (Lipinski definition) is 0. The number of methoxy groups -OCH3 is 4. The minimum absolute atomic E-state index is 0.523. The summed E-state index contributed by atoms with van der Waals surface area (Å²) in [6.07, 6.45) is 0. The second-order valence-corrected chi connectivity index (χ2v) is 4.74. The van der Waals surface area contributed by atoms with Crippen LogP contribution in [0.25, 0.3) is 0 Å². The van der Waals surface area contributed by atoms with Gasteiger partial charge in [0.05, 0.1) is 39.8 Å². The van der Waals surface area contributed by atoms with Crippen molar-refractivity contribution in [3.63, 3.8) is 0 Å². The first kappa shape index (κ1) is 16.6. The van der Waals surface area contributed by atoms with E-state index in [1.54, 1.807) is 40.6 Å². The van der Waals surface area contributed by atoms with E-state index in [2.05, 4.69) is 10.2 Å². The number of aryl methyl sites for hydroxylation is 1. The van der Waals surface area contributed by atoms with Gasteiger partial charge in [0, 0.05) is 12.1 Å². The highest BCUT2D eigenvalue weighted by Gasteiger charge is 2.13. The summed E-state index contributed by atoms with van der Waals surface area (Å²) in [5.74, 6) is 2.38. The molecule has 6 heteroatoms. The van der Waals surface area contributed by atoms with E-state index in [9.17, 15) is 0 Å². The maximum absolute atomic E-state index is 5.30. The predicted molar refractivity (Wildman–Crippen MR) is 88.0 cm³/mol. The number of nitrogens with zero attached hydrogens (tertiary/aromatic N) is 2. The Kier molecular flexibility index (Phi) is 5.41. The number of ether oxygens (including phenoxy) is 4. The Bertz CT molecular complexity index is 689. The Morgan fingerprint density at radius 1 is 0.739 bits per heavy atom. The lowest BCUT2D eigenvalue weighted by atomic mass is 10.2. The van der Waals surface area contributed by atoms with Gasteiger partial charge in [0.1, 0.15) is 5.75 Å². The molecule has 0 unspecified atom stereocenters. The summed E-state index contributed by atoms with van der Waals surface area (Å²) >= 11 is 0. The molecule has 0 heterocycles. The van der Waals surface area contributed by atoms with Crippen LogP contribution in [0.15, 0.2) is 40.6 Å².